The van der Waals surface area contributed by atoms with Crippen molar-refractivity contribution in [2.75, 3.05) is 38.6 Å². The van der Waals surface area contributed by atoms with Crippen LogP contribution >= 0.6 is 0 Å². The van der Waals surface area contributed by atoms with Gasteiger partial charge < -0.3 is 15.0 Å². The minimum Gasteiger partial charge on any atom is -0.372 e. The van der Waals surface area contributed by atoms with E-state index in [4.69, 9.17) is 4.74 Å². The number of hydrogen-bond donors (Lipinski definition) is 1. The zero-order valence-electron chi connectivity index (χ0n) is 11.7. The number of hydrogen-bond acceptors (Lipinski definition) is 5. The predicted octanol–water partition coefficient (Wildman–Crippen LogP) is 1.31. The number of aryl methyl sites for hydroxylation is 1. The SMILES string of the molecule is Cc1cnc(NCC[C@@H]2CCOC23CN(C)C3)nc1. The Morgan fingerprint density at radius 3 is 2.84 bits per heavy atom. The first kappa shape index (κ1) is 12.8. The van der Waals surface area contributed by atoms with E-state index >= 15 is 0 Å². The van der Waals surface area contributed by atoms with Crippen LogP contribution in [0.5, 0.6) is 0 Å². The fourth-order valence-corrected chi connectivity index (χ4v) is 3.25. The van der Waals surface area contributed by atoms with E-state index in [-0.39, 0.29) is 5.60 Å². The maximum Gasteiger partial charge on any atom is 0.222 e. The number of ether oxygens (including phenoxy) is 1. The van der Waals surface area contributed by atoms with Crippen LogP contribution in [0.3, 0.4) is 0 Å². The molecule has 19 heavy (non-hydrogen) atoms. The molecule has 2 saturated heterocycles. The second kappa shape index (κ2) is 5.06. The van der Waals surface area contributed by atoms with E-state index in [1.807, 2.05) is 19.3 Å². The maximum atomic E-state index is 5.98. The van der Waals surface area contributed by atoms with Crippen molar-refractivity contribution in [3.05, 3.63) is 18.0 Å². The van der Waals surface area contributed by atoms with Gasteiger partial charge in [-0.3, -0.25) is 0 Å². The Morgan fingerprint density at radius 2 is 2.16 bits per heavy atom. The Kier molecular flexibility index (Phi) is 3.41. The lowest BCUT2D eigenvalue weighted by atomic mass is 9.79. The summed E-state index contributed by atoms with van der Waals surface area (Å²) in [7, 11) is 2.16. The van der Waals surface area contributed by atoms with Crippen LogP contribution in [0.1, 0.15) is 18.4 Å². The van der Waals surface area contributed by atoms with Gasteiger partial charge in [-0.15, -0.1) is 0 Å². The first-order chi connectivity index (χ1) is 9.18. The molecular weight excluding hydrogens is 240 g/mol. The number of aromatic nitrogens is 2. The molecule has 0 radical (unpaired) electrons. The summed E-state index contributed by atoms with van der Waals surface area (Å²) < 4.78 is 5.98. The molecule has 5 heteroatoms. The van der Waals surface area contributed by atoms with Crippen molar-refractivity contribution in [1.29, 1.82) is 0 Å². The van der Waals surface area contributed by atoms with Crippen LogP contribution in [0.4, 0.5) is 5.95 Å². The van der Waals surface area contributed by atoms with Crippen LogP contribution in [0.25, 0.3) is 0 Å². The highest BCUT2D eigenvalue weighted by atomic mass is 16.5. The second-order valence-electron chi connectivity index (χ2n) is 5.87. The van der Waals surface area contributed by atoms with E-state index in [1.54, 1.807) is 0 Å². The van der Waals surface area contributed by atoms with Crippen LogP contribution < -0.4 is 5.32 Å². The van der Waals surface area contributed by atoms with Gasteiger partial charge in [-0.05, 0) is 38.3 Å². The predicted molar refractivity (Wildman–Crippen MR) is 74.2 cm³/mol. The first-order valence-corrected chi connectivity index (χ1v) is 7.03. The van der Waals surface area contributed by atoms with Crippen LogP contribution in [0.15, 0.2) is 12.4 Å². The summed E-state index contributed by atoms with van der Waals surface area (Å²) in [6.07, 6.45) is 6.00. The molecule has 3 heterocycles. The Balaban J connectivity index is 1.48. The smallest absolute Gasteiger partial charge is 0.222 e. The fourth-order valence-electron chi connectivity index (χ4n) is 3.25. The molecule has 1 spiro atoms. The van der Waals surface area contributed by atoms with Crippen molar-refractivity contribution in [3.8, 4) is 0 Å². The topological polar surface area (TPSA) is 50.3 Å². The van der Waals surface area contributed by atoms with Crippen molar-refractivity contribution in [3.63, 3.8) is 0 Å². The maximum absolute atomic E-state index is 5.98. The summed E-state index contributed by atoms with van der Waals surface area (Å²) in [5.41, 5.74) is 1.23. The minimum absolute atomic E-state index is 0.143. The van der Waals surface area contributed by atoms with Gasteiger partial charge in [0.05, 0.1) is 5.60 Å². The molecule has 0 unspecified atom stereocenters. The highest BCUT2D eigenvalue weighted by Gasteiger charge is 2.51. The molecule has 1 atom stereocenters. The number of nitrogens with one attached hydrogen (secondary N) is 1. The molecular formula is C14H22N4O. The zero-order chi connectivity index (χ0) is 13.3. The Bertz CT molecular complexity index is 428. The molecule has 3 rings (SSSR count). The lowest BCUT2D eigenvalue weighted by molar-refractivity contribution is -0.123. The molecule has 0 saturated carbocycles. The number of anilines is 1. The van der Waals surface area contributed by atoms with Crippen LogP contribution in [-0.4, -0.2) is 53.8 Å². The van der Waals surface area contributed by atoms with E-state index < -0.39 is 0 Å². The van der Waals surface area contributed by atoms with Crippen LogP contribution in [0.2, 0.25) is 0 Å². The molecule has 0 aliphatic carbocycles. The second-order valence-corrected chi connectivity index (χ2v) is 5.87. The van der Waals surface area contributed by atoms with Gasteiger partial charge in [-0.2, -0.15) is 0 Å². The minimum atomic E-state index is 0.143. The number of likely N-dealkylation sites (N-methyl/N-ethyl adjacent to an activating group) is 1. The Morgan fingerprint density at radius 1 is 1.42 bits per heavy atom. The van der Waals surface area contributed by atoms with Crippen LogP contribution in [0, 0.1) is 12.8 Å². The number of nitrogens with zero attached hydrogens (tertiary/aromatic N) is 3. The van der Waals surface area contributed by atoms with Gasteiger partial charge in [0.2, 0.25) is 5.95 Å². The van der Waals surface area contributed by atoms with E-state index in [2.05, 4.69) is 27.2 Å². The highest BCUT2D eigenvalue weighted by molar-refractivity contribution is 5.24. The monoisotopic (exact) mass is 262 g/mol. The van der Waals surface area contributed by atoms with Gasteiger partial charge >= 0.3 is 0 Å². The molecule has 2 fully saturated rings. The summed E-state index contributed by atoms with van der Waals surface area (Å²) in [6, 6.07) is 0. The Labute approximate surface area is 114 Å². The van der Waals surface area contributed by atoms with Crippen LogP contribution in [-0.2, 0) is 4.74 Å². The van der Waals surface area contributed by atoms with E-state index in [1.165, 1.54) is 6.42 Å². The summed E-state index contributed by atoms with van der Waals surface area (Å²) in [4.78, 5) is 10.9. The zero-order valence-corrected chi connectivity index (χ0v) is 11.7. The summed E-state index contributed by atoms with van der Waals surface area (Å²) in [6.45, 7) is 6.00. The molecule has 2 aliphatic heterocycles. The molecule has 0 amide bonds. The molecule has 1 N–H and O–H groups in total. The van der Waals surface area contributed by atoms with Gasteiger partial charge in [0.25, 0.3) is 0 Å². The van der Waals surface area contributed by atoms with E-state index in [0.717, 1.165) is 44.2 Å². The molecule has 0 bridgehead atoms. The van der Waals surface area contributed by atoms with Crippen molar-refractivity contribution < 1.29 is 4.74 Å². The lowest BCUT2D eigenvalue weighted by Gasteiger charge is -2.48. The molecule has 5 nitrogen and oxygen atoms in total. The van der Waals surface area contributed by atoms with Gasteiger partial charge in [-0.1, -0.05) is 0 Å². The average Bonchev–Trinajstić information content (AvgIpc) is 2.75. The third-order valence-electron chi connectivity index (χ3n) is 4.23. The summed E-state index contributed by atoms with van der Waals surface area (Å²) in [5.74, 6) is 1.39. The van der Waals surface area contributed by atoms with Gasteiger partial charge in [0, 0.05) is 38.6 Å². The Hall–Kier alpha value is -1.20. The van der Waals surface area contributed by atoms with E-state index in [9.17, 15) is 0 Å². The standard InChI is InChI=1S/C14H22N4O/c1-11-7-16-13(17-8-11)15-5-3-12-4-6-19-14(12)9-18(2)10-14/h7-8,12H,3-6,9-10H2,1-2H3,(H,15,16,17)/t12-/m1/s1. The molecule has 104 valence electrons. The molecule has 0 aromatic carbocycles. The van der Waals surface area contributed by atoms with Crippen molar-refractivity contribution >= 4 is 5.95 Å². The molecule has 2 aliphatic rings. The van der Waals surface area contributed by atoms with Crippen molar-refractivity contribution in [2.24, 2.45) is 5.92 Å². The van der Waals surface area contributed by atoms with Gasteiger partial charge in [0.15, 0.2) is 0 Å². The average molecular weight is 262 g/mol. The van der Waals surface area contributed by atoms with Gasteiger partial charge in [-0.25, -0.2) is 9.97 Å². The fraction of sp³-hybridized carbons (Fsp3) is 0.714. The third kappa shape index (κ3) is 2.58. The largest absolute Gasteiger partial charge is 0.372 e. The summed E-state index contributed by atoms with van der Waals surface area (Å²) >= 11 is 0. The highest BCUT2D eigenvalue weighted by Crippen LogP contribution is 2.40. The molecule has 1 aromatic heterocycles. The van der Waals surface area contributed by atoms with Gasteiger partial charge in [0.1, 0.15) is 0 Å². The summed E-state index contributed by atoms with van der Waals surface area (Å²) in [5, 5.41) is 3.30. The first-order valence-electron chi connectivity index (χ1n) is 7.03. The van der Waals surface area contributed by atoms with Crippen molar-refractivity contribution in [1.82, 2.24) is 14.9 Å². The molecule has 1 aromatic rings. The van der Waals surface area contributed by atoms with E-state index in [0.29, 0.717) is 5.92 Å². The quantitative estimate of drug-likeness (QED) is 0.886. The normalized spacial score (nSPS) is 25.5. The lowest BCUT2D eigenvalue weighted by Crippen LogP contribution is -2.63. The van der Waals surface area contributed by atoms with Crippen molar-refractivity contribution in [2.45, 2.75) is 25.4 Å². The third-order valence-corrected chi connectivity index (χ3v) is 4.23. The number of rotatable bonds is 4. The number of likely N-dealkylation sites (tertiary alicyclic amines) is 1.